The molecule has 1 N–H and O–H groups in total. The molecular weight excluding hydrogens is 335 g/mol. The summed E-state index contributed by atoms with van der Waals surface area (Å²) in [6.45, 7) is 0.122. The fourth-order valence-electron chi connectivity index (χ4n) is 2.64. The van der Waals surface area contributed by atoms with Gasteiger partial charge in [0, 0.05) is 12.0 Å². The first kappa shape index (κ1) is 17.1. The van der Waals surface area contributed by atoms with Crippen LogP contribution in [0.15, 0.2) is 48.5 Å². The first-order chi connectivity index (χ1) is 11.9. The molecule has 2 aromatic carbocycles. The first-order valence-electron chi connectivity index (χ1n) is 7.74. The molecule has 0 bridgehead atoms. The lowest BCUT2D eigenvalue weighted by molar-refractivity contribution is -0.137. The van der Waals surface area contributed by atoms with Gasteiger partial charge in [0.25, 0.3) is 5.91 Å². The lowest BCUT2D eigenvalue weighted by Gasteiger charge is -2.26. The van der Waals surface area contributed by atoms with Gasteiger partial charge in [-0.05, 0) is 24.3 Å². The number of ether oxygens (including phenoxy) is 2. The summed E-state index contributed by atoms with van der Waals surface area (Å²) in [6.07, 6.45) is -3.83. The quantitative estimate of drug-likeness (QED) is 0.913. The Balaban J connectivity index is 1.59. The number of fused-ring (bicyclic) bond motifs is 1. The number of nitrogens with one attached hydrogen (secondary N) is 1. The van der Waals surface area contributed by atoms with Crippen LogP contribution in [-0.2, 0) is 11.0 Å². The Hall–Kier alpha value is -2.70. The molecule has 4 nitrogen and oxygen atoms in total. The molecule has 1 aliphatic rings. The summed E-state index contributed by atoms with van der Waals surface area (Å²) in [5.74, 6) is 0.314. The number of amides is 1. The third-order valence-corrected chi connectivity index (χ3v) is 3.83. The van der Waals surface area contributed by atoms with E-state index in [1.54, 1.807) is 0 Å². The molecule has 0 saturated carbocycles. The van der Waals surface area contributed by atoms with Gasteiger partial charge in [0.15, 0.2) is 6.61 Å². The van der Waals surface area contributed by atoms with Crippen LogP contribution in [0.1, 0.15) is 23.6 Å². The smallest absolute Gasteiger partial charge is 0.416 e. The topological polar surface area (TPSA) is 47.6 Å². The number of carbonyl (C=O) groups excluding carboxylic acids is 1. The molecule has 1 amide bonds. The predicted octanol–water partition coefficient (Wildman–Crippen LogP) is 3.72. The second-order valence-corrected chi connectivity index (χ2v) is 5.61. The molecule has 1 atom stereocenters. The maximum absolute atomic E-state index is 12.7. The van der Waals surface area contributed by atoms with E-state index in [-0.39, 0.29) is 18.4 Å². The maximum Gasteiger partial charge on any atom is 0.416 e. The fraction of sp³-hybridized carbons (Fsp3) is 0.278. The molecule has 132 valence electrons. The normalized spacial score (nSPS) is 16.5. The van der Waals surface area contributed by atoms with Gasteiger partial charge in [-0.3, -0.25) is 4.79 Å². The van der Waals surface area contributed by atoms with Crippen molar-refractivity contribution in [2.45, 2.75) is 18.6 Å². The van der Waals surface area contributed by atoms with Crippen LogP contribution in [-0.4, -0.2) is 19.1 Å². The molecule has 25 heavy (non-hydrogen) atoms. The van der Waals surface area contributed by atoms with Crippen molar-refractivity contribution < 1.29 is 27.4 Å². The van der Waals surface area contributed by atoms with Crippen molar-refractivity contribution in [2.24, 2.45) is 0 Å². The van der Waals surface area contributed by atoms with Gasteiger partial charge in [-0.15, -0.1) is 0 Å². The number of alkyl halides is 3. The average Bonchev–Trinajstić information content (AvgIpc) is 2.60. The number of halogens is 3. The number of para-hydroxylation sites is 1. The minimum absolute atomic E-state index is 0.00245. The second kappa shape index (κ2) is 7.04. The van der Waals surface area contributed by atoms with Gasteiger partial charge in [-0.25, -0.2) is 0 Å². The van der Waals surface area contributed by atoms with E-state index in [2.05, 4.69) is 5.32 Å². The number of hydrogen-bond donors (Lipinski definition) is 1. The number of rotatable bonds is 4. The van der Waals surface area contributed by atoms with Gasteiger partial charge in [-0.2, -0.15) is 13.2 Å². The molecule has 0 aliphatic carbocycles. The van der Waals surface area contributed by atoms with Crippen LogP contribution in [0.3, 0.4) is 0 Å². The minimum Gasteiger partial charge on any atom is -0.493 e. The van der Waals surface area contributed by atoms with Crippen LogP contribution in [0.4, 0.5) is 13.2 Å². The van der Waals surface area contributed by atoms with E-state index in [1.807, 2.05) is 24.3 Å². The molecule has 0 saturated heterocycles. The Morgan fingerprint density at radius 3 is 2.80 bits per heavy atom. The van der Waals surface area contributed by atoms with E-state index in [0.717, 1.165) is 23.4 Å². The summed E-state index contributed by atoms with van der Waals surface area (Å²) in [7, 11) is 0. The molecule has 0 fully saturated rings. The third kappa shape index (κ3) is 4.23. The largest absolute Gasteiger partial charge is 0.493 e. The molecule has 3 rings (SSSR count). The zero-order valence-corrected chi connectivity index (χ0v) is 13.2. The standard InChI is InChI=1S/C18H16F3NO3/c19-18(20,21)12-4-3-5-13(10-12)25-11-17(23)22-15-8-9-24-16-7-2-1-6-14(15)16/h1-7,10,15H,8-9,11H2,(H,22,23)/t15-/m0/s1. The van der Waals surface area contributed by atoms with Gasteiger partial charge < -0.3 is 14.8 Å². The molecule has 1 heterocycles. The van der Waals surface area contributed by atoms with Crippen molar-refractivity contribution in [3.63, 3.8) is 0 Å². The predicted molar refractivity (Wildman–Crippen MR) is 84.4 cm³/mol. The van der Waals surface area contributed by atoms with Crippen molar-refractivity contribution in [1.82, 2.24) is 5.32 Å². The summed E-state index contributed by atoms with van der Waals surface area (Å²) >= 11 is 0. The van der Waals surface area contributed by atoms with Gasteiger partial charge in [0.2, 0.25) is 0 Å². The lowest BCUT2D eigenvalue weighted by atomic mass is 10.0. The van der Waals surface area contributed by atoms with E-state index in [4.69, 9.17) is 9.47 Å². The number of carbonyl (C=O) groups is 1. The summed E-state index contributed by atoms with van der Waals surface area (Å²) in [5, 5.41) is 2.82. The van der Waals surface area contributed by atoms with Crippen LogP contribution in [0, 0.1) is 0 Å². The molecule has 0 unspecified atom stereocenters. The SMILES string of the molecule is O=C(COc1cccc(C(F)(F)F)c1)N[C@H]1CCOc2ccccc21. The zero-order valence-electron chi connectivity index (χ0n) is 13.2. The summed E-state index contributed by atoms with van der Waals surface area (Å²) < 4.78 is 48.7. The van der Waals surface area contributed by atoms with Crippen LogP contribution in [0.5, 0.6) is 11.5 Å². The first-order valence-corrected chi connectivity index (χ1v) is 7.74. The van der Waals surface area contributed by atoms with E-state index in [0.29, 0.717) is 13.0 Å². The van der Waals surface area contributed by atoms with Gasteiger partial charge in [-0.1, -0.05) is 24.3 Å². The molecular formula is C18H16F3NO3. The van der Waals surface area contributed by atoms with Crippen molar-refractivity contribution in [1.29, 1.82) is 0 Å². The summed E-state index contributed by atoms with van der Waals surface area (Å²) in [4.78, 5) is 12.1. The van der Waals surface area contributed by atoms with E-state index in [9.17, 15) is 18.0 Å². The van der Waals surface area contributed by atoms with Crippen LogP contribution in [0.2, 0.25) is 0 Å². The third-order valence-electron chi connectivity index (χ3n) is 3.83. The van der Waals surface area contributed by atoms with Crippen molar-refractivity contribution in [2.75, 3.05) is 13.2 Å². The van der Waals surface area contributed by atoms with Crippen LogP contribution < -0.4 is 14.8 Å². The van der Waals surface area contributed by atoms with Gasteiger partial charge >= 0.3 is 6.18 Å². The van der Waals surface area contributed by atoms with Crippen LogP contribution in [0.25, 0.3) is 0 Å². The van der Waals surface area contributed by atoms with Crippen molar-refractivity contribution >= 4 is 5.91 Å². The molecule has 0 radical (unpaired) electrons. The molecule has 0 spiro atoms. The minimum atomic E-state index is -4.45. The van der Waals surface area contributed by atoms with E-state index < -0.39 is 17.6 Å². The highest BCUT2D eigenvalue weighted by Gasteiger charge is 2.30. The average molecular weight is 351 g/mol. The fourth-order valence-corrected chi connectivity index (χ4v) is 2.64. The summed E-state index contributed by atoms with van der Waals surface area (Å²) in [6, 6.07) is 11.6. The Kier molecular flexibility index (Phi) is 4.83. The Morgan fingerprint density at radius 2 is 2.00 bits per heavy atom. The molecule has 0 aromatic heterocycles. The molecule has 7 heteroatoms. The highest BCUT2D eigenvalue weighted by Crippen LogP contribution is 2.32. The highest BCUT2D eigenvalue weighted by molar-refractivity contribution is 5.78. The lowest BCUT2D eigenvalue weighted by Crippen LogP contribution is -2.35. The van der Waals surface area contributed by atoms with E-state index in [1.165, 1.54) is 12.1 Å². The second-order valence-electron chi connectivity index (χ2n) is 5.61. The molecule has 2 aromatic rings. The monoisotopic (exact) mass is 351 g/mol. The van der Waals surface area contributed by atoms with Crippen LogP contribution >= 0.6 is 0 Å². The Bertz CT molecular complexity index is 761. The van der Waals surface area contributed by atoms with Crippen molar-refractivity contribution in [3.8, 4) is 11.5 Å². The Morgan fingerprint density at radius 1 is 1.20 bits per heavy atom. The van der Waals surface area contributed by atoms with Gasteiger partial charge in [0.05, 0.1) is 18.2 Å². The van der Waals surface area contributed by atoms with Gasteiger partial charge in [0.1, 0.15) is 11.5 Å². The maximum atomic E-state index is 12.7. The van der Waals surface area contributed by atoms with Crippen molar-refractivity contribution in [3.05, 3.63) is 59.7 Å². The number of hydrogen-bond acceptors (Lipinski definition) is 3. The zero-order chi connectivity index (χ0) is 17.9. The Labute approximate surface area is 142 Å². The number of benzene rings is 2. The highest BCUT2D eigenvalue weighted by atomic mass is 19.4. The van der Waals surface area contributed by atoms with E-state index >= 15 is 0 Å². The summed E-state index contributed by atoms with van der Waals surface area (Å²) in [5.41, 5.74) is 0.0601. The molecule has 1 aliphatic heterocycles.